The van der Waals surface area contributed by atoms with Crippen LogP contribution in [0.2, 0.25) is 0 Å². The molecule has 1 aromatic carbocycles. The molecule has 228 valence electrons. The van der Waals surface area contributed by atoms with Crippen molar-refractivity contribution in [1.29, 1.82) is 0 Å². The number of aliphatic hydroxyl groups excluding tert-OH is 1. The van der Waals surface area contributed by atoms with Gasteiger partial charge in [0.2, 0.25) is 18.2 Å². The minimum absolute atomic E-state index is 0.00348. The van der Waals surface area contributed by atoms with Crippen molar-refractivity contribution in [3.63, 3.8) is 0 Å². The Morgan fingerprint density at radius 1 is 1.05 bits per heavy atom. The summed E-state index contributed by atoms with van der Waals surface area (Å²) in [6.07, 6.45) is -1.51. The van der Waals surface area contributed by atoms with Crippen LogP contribution in [0.25, 0.3) is 0 Å². The maximum Gasteiger partial charge on any atom is 0.335 e. The minimum Gasteiger partial charge on any atom is -0.478 e. The van der Waals surface area contributed by atoms with Crippen LogP contribution in [0.5, 0.6) is 0 Å². The number of aromatic carboxylic acids is 1. The number of aliphatic hydroxyl groups is 1. The summed E-state index contributed by atoms with van der Waals surface area (Å²) in [5, 5.41) is 23.9. The number of halogens is 4. The number of nitrogens with zero attached hydrogens (tertiary/aromatic N) is 1. The quantitative estimate of drug-likeness (QED) is 0.278. The molecule has 4 atom stereocenters. The van der Waals surface area contributed by atoms with Crippen LogP contribution in [-0.2, 0) is 20.8 Å². The van der Waals surface area contributed by atoms with Gasteiger partial charge in [-0.1, -0.05) is 39.5 Å². The first-order valence-electron chi connectivity index (χ1n) is 13.9. The molecule has 13 heteroatoms. The smallest absolute Gasteiger partial charge is 0.335 e. The van der Waals surface area contributed by atoms with Crippen LogP contribution in [0.1, 0.15) is 68.3 Å². The molecule has 0 bridgehead atoms. The van der Waals surface area contributed by atoms with Crippen LogP contribution in [-0.4, -0.2) is 76.5 Å². The highest BCUT2D eigenvalue weighted by Gasteiger charge is 2.45. The molecule has 4 N–H and O–H groups in total. The summed E-state index contributed by atoms with van der Waals surface area (Å²) < 4.78 is 55.1. The van der Waals surface area contributed by atoms with Crippen molar-refractivity contribution in [3.8, 4) is 0 Å². The molecule has 41 heavy (non-hydrogen) atoms. The standard InChI is InChI=1S/C28H37F4N3O6/c1-14(2)24(36)27(39)35-13-17(15-5-3-4-6-15)11-22(35)26(38)34-21(12-23(31)32)25(37)33-8-7-18-19(29)9-16(28(40)41)10-20(18)30/h9-10,14-15,17,21-24,36H,3-8,11-13H2,1-2H3,(H,33,37)(H,34,38)(H,40,41). The number of hydrogen-bond acceptors (Lipinski definition) is 5. The van der Waals surface area contributed by atoms with Crippen molar-refractivity contribution in [3.05, 3.63) is 34.9 Å². The molecule has 1 aliphatic carbocycles. The third-order valence-electron chi connectivity index (χ3n) is 7.98. The Morgan fingerprint density at radius 3 is 2.20 bits per heavy atom. The number of likely N-dealkylation sites (tertiary alicyclic amines) is 1. The van der Waals surface area contributed by atoms with Gasteiger partial charge in [-0.05, 0) is 42.7 Å². The van der Waals surface area contributed by atoms with E-state index in [9.17, 15) is 41.8 Å². The monoisotopic (exact) mass is 587 g/mol. The molecule has 1 aliphatic heterocycles. The van der Waals surface area contributed by atoms with Gasteiger partial charge in [-0.15, -0.1) is 0 Å². The normalized spacial score (nSPS) is 20.9. The second-order valence-electron chi connectivity index (χ2n) is 11.2. The number of carboxylic acids is 1. The molecule has 1 saturated carbocycles. The highest BCUT2D eigenvalue weighted by molar-refractivity contribution is 5.93. The second kappa shape index (κ2) is 14.1. The van der Waals surface area contributed by atoms with Crippen LogP contribution in [0.3, 0.4) is 0 Å². The van der Waals surface area contributed by atoms with Crippen LogP contribution < -0.4 is 10.6 Å². The summed E-state index contributed by atoms with van der Waals surface area (Å²) >= 11 is 0. The number of carboxylic acid groups (broad SMARTS) is 1. The van der Waals surface area contributed by atoms with E-state index in [1.807, 2.05) is 0 Å². The van der Waals surface area contributed by atoms with E-state index in [2.05, 4.69) is 10.6 Å². The molecule has 3 rings (SSSR count). The predicted octanol–water partition coefficient (Wildman–Crippen LogP) is 2.89. The van der Waals surface area contributed by atoms with Gasteiger partial charge in [0.15, 0.2) is 0 Å². The van der Waals surface area contributed by atoms with Crippen molar-refractivity contribution in [1.82, 2.24) is 15.5 Å². The Morgan fingerprint density at radius 2 is 1.66 bits per heavy atom. The maximum absolute atomic E-state index is 14.2. The van der Waals surface area contributed by atoms with Gasteiger partial charge >= 0.3 is 5.97 Å². The number of carbonyl (C=O) groups is 4. The molecule has 2 aliphatic rings. The van der Waals surface area contributed by atoms with Crippen molar-refractivity contribution in [2.75, 3.05) is 13.1 Å². The maximum atomic E-state index is 14.2. The van der Waals surface area contributed by atoms with Gasteiger partial charge in [0.1, 0.15) is 29.8 Å². The first-order chi connectivity index (χ1) is 19.3. The SMILES string of the molecule is CC(C)C(O)C(=O)N1CC(C2CCCC2)CC1C(=O)NC(CC(F)F)C(=O)NCCc1c(F)cc(C(=O)O)cc1F. The van der Waals surface area contributed by atoms with Crippen LogP contribution in [0, 0.1) is 29.4 Å². The lowest BCUT2D eigenvalue weighted by atomic mass is 9.89. The zero-order chi connectivity index (χ0) is 30.4. The van der Waals surface area contributed by atoms with Crippen LogP contribution >= 0.6 is 0 Å². The summed E-state index contributed by atoms with van der Waals surface area (Å²) in [4.78, 5) is 51.4. The fraction of sp³-hybridized carbons (Fsp3) is 0.643. The van der Waals surface area contributed by atoms with Crippen LogP contribution in [0.15, 0.2) is 12.1 Å². The lowest BCUT2D eigenvalue weighted by molar-refractivity contribution is -0.147. The fourth-order valence-corrected chi connectivity index (χ4v) is 5.66. The summed E-state index contributed by atoms with van der Waals surface area (Å²) in [7, 11) is 0. The topological polar surface area (TPSA) is 136 Å². The molecule has 9 nitrogen and oxygen atoms in total. The zero-order valence-electron chi connectivity index (χ0n) is 23.0. The van der Waals surface area contributed by atoms with E-state index < -0.39 is 89.8 Å². The minimum atomic E-state index is -2.97. The van der Waals surface area contributed by atoms with Crippen molar-refractivity contribution >= 4 is 23.7 Å². The van der Waals surface area contributed by atoms with E-state index >= 15 is 0 Å². The van der Waals surface area contributed by atoms with Crippen LogP contribution in [0.4, 0.5) is 17.6 Å². The van der Waals surface area contributed by atoms with Crippen molar-refractivity contribution in [2.24, 2.45) is 17.8 Å². The van der Waals surface area contributed by atoms with E-state index in [-0.39, 0.29) is 25.4 Å². The largest absolute Gasteiger partial charge is 0.478 e. The third kappa shape index (κ3) is 8.17. The molecule has 0 aromatic heterocycles. The molecular formula is C28H37F4N3O6. The highest BCUT2D eigenvalue weighted by atomic mass is 19.3. The number of benzene rings is 1. The summed E-state index contributed by atoms with van der Waals surface area (Å²) in [5.41, 5.74) is -1.09. The first kappa shape index (κ1) is 32.3. The predicted molar refractivity (Wildman–Crippen MR) is 139 cm³/mol. The van der Waals surface area contributed by atoms with Gasteiger partial charge in [-0.2, -0.15) is 0 Å². The van der Waals surface area contributed by atoms with Gasteiger partial charge in [0, 0.05) is 25.1 Å². The van der Waals surface area contributed by atoms with Gasteiger partial charge in [-0.25, -0.2) is 22.4 Å². The van der Waals surface area contributed by atoms with E-state index in [0.717, 1.165) is 25.7 Å². The molecule has 1 saturated heterocycles. The molecule has 0 radical (unpaired) electrons. The van der Waals surface area contributed by atoms with E-state index in [1.54, 1.807) is 13.8 Å². The average molecular weight is 588 g/mol. The Balaban J connectivity index is 1.69. The Labute approximate surface area is 235 Å². The molecule has 2 fully saturated rings. The second-order valence-corrected chi connectivity index (χ2v) is 11.2. The molecular weight excluding hydrogens is 550 g/mol. The molecule has 4 unspecified atom stereocenters. The highest BCUT2D eigenvalue weighted by Crippen LogP contribution is 2.39. The Bertz CT molecular complexity index is 1110. The number of rotatable bonds is 12. The molecule has 3 amide bonds. The number of amides is 3. The Kier molecular flexibility index (Phi) is 11.1. The number of nitrogens with one attached hydrogen (secondary N) is 2. The van der Waals surface area contributed by atoms with Crippen molar-refractivity contribution in [2.45, 2.75) is 83.4 Å². The fourth-order valence-electron chi connectivity index (χ4n) is 5.66. The lowest BCUT2D eigenvalue weighted by Crippen LogP contribution is -2.55. The van der Waals surface area contributed by atoms with Gasteiger partial charge in [0.25, 0.3) is 5.91 Å². The molecule has 0 spiro atoms. The first-order valence-corrected chi connectivity index (χ1v) is 13.9. The molecule has 1 heterocycles. The Hall–Kier alpha value is -3.22. The van der Waals surface area contributed by atoms with E-state index in [0.29, 0.717) is 18.1 Å². The van der Waals surface area contributed by atoms with Gasteiger partial charge < -0.3 is 25.7 Å². The number of alkyl halides is 2. The lowest BCUT2D eigenvalue weighted by Gasteiger charge is -2.29. The summed E-state index contributed by atoms with van der Waals surface area (Å²) in [6.45, 7) is 3.18. The van der Waals surface area contributed by atoms with E-state index in [4.69, 9.17) is 5.11 Å². The van der Waals surface area contributed by atoms with Gasteiger partial charge in [0.05, 0.1) is 5.56 Å². The van der Waals surface area contributed by atoms with Gasteiger partial charge in [-0.3, -0.25) is 14.4 Å². The summed E-state index contributed by atoms with van der Waals surface area (Å²) in [6, 6.07) is -1.48. The third-order valence-corrected chi connectivity index (χ3v) is 7.98. The average Bonchev–Trinajstić information content (AvgIpc) is 3.58. The number of carbonyl (C=O) groups excluding carboxylic acids is 3. The van der Waals surface area contributed by atoms with E-state index in [1.165, 1.54) is 4.90 Å². The zero-order valence-corrected chi connectivity index (χ0v) is 23.0. The number of hydrogen-bond donors (Lipinski definition) is 4. The molecule has 1 aromatic rings. The van der Waals surface area contributed by atoms with Crippen molar-refractivity contribution < 1.29 is 47.0 Å². The summed E-state index contributed by atoms with van der Waals surface area (Å²) in [5.74, 6) is -6.35.